The maximum Gasteiger partial charge on any atom is 0.177 e. The van der Waals surface area contributed by atoms with Gasteiger partial charge >= 0.3 is 0 Å². The van der Waals surface area contributed by atoms with Crippen molar-refractivity contribution in [2.75, 3.05) is 19.7 Å². The fraction of sp³-hybridized carbons (Fsp3) is 0.571. The van der Waals surface area contributed by atoms with Gasteiger partial charge in [0, 0.05) is 32.9 Å². The van der Waals surface area contributed by atoms with Crippen LogP contribution in [0.1, 0.15) is 5.82 Å². The number of aliphatic hydroxyl groups is 1. The molecule has 5 nitrogen and oxygen atoms in total. The van der Waals surface area contributed by atoms with Crippen molar-refractivity contribution in [3.8, 4) is 0 Å². The number of imidazole rings is 1. The maximum absolute atomic E-state index is 9.18. The molecule has 3 atom stereocenters. The quantitative estimate of drug-likeness (QED) is 0.878. The van der Waals surface area contributed by atoms with Crippen molar-refractivity contribution in [3.63, 3.8) is 0 Å². The zero-order valence-electron chi connectivity index (χ0n) is 11.0. The highest BCUT2D eigenvalue weighted by Crippen LogP contribution is 2.51. The zero-order valence-corrected chi connectivity index (χ0v) is 11.0. The molecule has 0 amide bonds. The summed E-state index contributed by atoms with van der Waals surface area (Å²) in [6.45, 7) is 3.45. The number of pyridine rings is 1. The van der Waals surface area contributed by atoms with E-state index in [0.717, 1.165) is 48.5 Å². The van der Waals surface area contributed by atoms with Gasteiger partial charge in [-0.3, -0.25) is 4.90 Å². The van der Waals surface area contributed by atoms with E-state index in [9.17, 15) is 5.11 Å². The minimum atomic E-state index is 0.360. The summed E-state index contributed by atoms with van der Waals surface area (Å²) in [5.41, 5.74) is 1.92. The van der Waals surface area contributed by atoms with Crippen LogP contribution >= 0.6 is 0 Å². The predicted molar refractivity (Wildman–Crippen MR) is 71.3 cm³/mol. The third-order valence-electron chi connectivity index (χ3n) is 4.77. The Morgan fingerprint density at radius 2 is 2.16 bits per heavy atom. The molecular weight excluding hydrogens is 240 g/mol. The van der Waals surface area contributed by atoms with Crippen molar-refractivity contribution in [1.82, 2.24) is 19.4 Å². The van der Waals surface area contributed by atoms with Crippen LogP contribution in [0.5, 0.6) is 0 Å². The molecule has 0 spiro atoms. The molecule has 2 aromatic rings. The fourth-order valence-electron chi connectivity index (χ4n) is 3.55. The predicted octanol–water partition coefficient (Wildman–Crippen LogP) is 0.638. The highest BCUT2D eigenvalue weighted by atomic mass is 16.3. The van der Waals surface area contributed by atoms with Crippen LogP contribution in [0.2, 0.25) is 0 Å². The Morgan fingerprint density at radius 1 is 1.37 bits per heavy atom. The van der Waals surface area contributed by atoms with Gasteiger partial charge in [0.05, 0.1) is 12.1 Å². The van der Waals surface area contributed by atoms with Crippen LogP contribution in [-0.4, -0.2) is 44.2 Å². The third-order valence-corrected chi connectivity index (χ3v) is 4.77. The summed E-state index contributed by atoms with van der Waals surface area (Å²) in [6.07, 6.45) is 1.79. The number of aryl methyl sites for hydroxylation is 1. The Bertz CT molecular complexity index is 611. The normalized spacial score (nSPS) is 29.9. The first-order valence-electron chi connectivity index (χ1n) is 6.87. The number of aromatic nitrogens is 3. The molecule has 100 valence electrons. The molecule has 1 saturated heterocycles. The van der Waals surface area contributed by atoms with Crippen LogP contribution in [-0.2, 0) is 13.6 Å². The molecule has 1 aliphatic heterocycles. The number of piperidine rings is 1. The van der Waals surface area contributed by atoms with Gasteiger partial charge in [0.1, 0.15) is 5.82 Å². The number of fused-ring (bicyclic) bond motifs is 2. The Hall–Kier alpha value is -1.46. The van der Waals surface area contributed by atoms with E-state index in [1.807, 2.05) is 6.07 Å². The summed E-state index contributed by atoms with van der Waals surface area (Å²) in [6, 6.07) is 4.01. The lowest BCUT2D eigenvalue weighted by Crippen LogP contribution is -2.26. The summed E-state index contributed by atoms with van der Waals surface area (Å²) >= 11 is 0. The summed E-state index contributed by atoms with van der Waals surface area (Å²) < 4.78 is 2.13. The van der Waals surface area contributed by atoms with Crippen molar-refractivity contribution in [2.24, 2.45) is 24.8 Å². The number of hydrogen-bond donors (Lipinski definition) is 1. The summed E-state index contributed by atoms with van der Waals surface area (Å²) in [5, 5.41) is 9.18. The van der Waals surface area contributed by atoms with E-state index in [0.29, 0.717) is 12.5 Å². The molecule has 0 bridgehead atoms. The Kier molecular flexibility index (Phi) is 2.40. The minimum Gasteiger partial charge on any atom is -0.396 e. The lowest BCUT2D eigenvalue weighted by atomic mass is 10.3. The Morgan fingerprint density at radius 3 is 2.84 bits per heavy atom. The molecule has 1 saturated carbocycles. The van der Waals surface area contributed by atoms with Crippen molar-refractivity contribution < 1.29 is 5.11 Å². The molecule has 5 heteroatoms. The van der Waals surface area contributed by atoms with Crippen LogP contribution in [0, 0.1) is 17.8 Å². The average Bonchev–Trinajstić information content (AvgIpc) is 2.77. The second-order valence-electron chi connectivity index (χ2n) is 5.80. The van der Waals surface area contributed by atoms with Gasteiger partial charge in [-0.25, -0.2) is 9.97 Å². The first-order chi connectivity index (χ1) is 9.28. The van der Waals surface area contributed by atoms with Gasteiger partial charge in [0.2, 0.25) is 0 Å². The number of rotatable bonds is 3. The highest BCUT2D eigenvalue weighted by molar-refractivity contribution is 5.71. The largest absolute Gasteiger partial charge is 0.396 e. The molecule has 3 heterocycles. The van der Waals surface area contributed by atoms with Crippen LogP contribution in [0.25, 0.3) is 11.2 Å². The van der Waals surface area contributed by atoms with Gasteiger partial charge in [-0.2, -0.15) is 0 Å². The molecule has 19 heavy (non-hydrogen) atoms. The molecule has 1 N–H and O–H groups in total. The third kappa shape index (κ3) is 1.69. The second-order valence-corrected chi connectivity index (χ2v) is 5.80. The van der Waals surface area contributed by atoms with Crippen molar-refractivity contribution in [1.29, 1.82) is 0 Å². The molecular formula is C14H18N4O. The Labute approximate surface area is 111 Å². The second kappa shape index (κ2) is 4.02. The standard InChI is InChI=1S/C14H18N4O/c1-17-12-3-2-4-15-14(12)16-13(17)7-18-5-9-10(6-18)11(9)8-19/h2-4,9-11,19H,5-8H2,1H3/t9-,10+,11?. The monoisotopic (exact) mass is 258 g/mol. The van der Waals surface area contributed by atoms with Gasteiger partial charge in [-0.15, -0.1) is 0 Å². The van der Waals surface area contributed by atoms with E-state index in [4.69, 9.17) is 0 Å². The van der Waals surface area contributed by atoms with E-state index in [1.54, 1.807) is 6.20 Å². The van der Waals surface area contributed by atoms with Gasteiger partial charge in [-0.1, -0.05) is 0 Å². The summed E-state index contributed by atoms with van der Waals surface area (Å²) in [4.78, 5) is 11.4. The molecule has 4 rings (SSSR count). The Balaban J connectivity index is 1.52. The number of aliphatic hydroxyl groups excluding tert-OH is 1. The summed E-state index contributed by atoms with van der Waals surface area (Å²) in [7, 11) is 2.06. The van der Waals surface area contributed by atoms with Crippen molar-refractivity contribution >= 4 is 11.2 Å². The van der Waals surface area contributed by atoms with Crippen LogP contribution in [0.4, 0.5) is 0 Å². The lowest BCUT2D eigenvalue weighted by molar-refractivity contribution is 0.214. The molecule has 1 aliphatic carbocycles. The number of likely N-dealkylation sites (tertiary alicyclic amines) is 1. The van der Waals surface area contributed by atoms with Gasteiger partial charge in [-0.05, 0) is 29.9 Å². The minimum absolute atomic E-state index is 0.360. The topological polar surface area (TPSA) is 54.2 Å². The molecule has 0 radical (unpaired) electrons. The zero-order chi connectivity index (χ0) is 13.0. The first-order valence-corrected chi connectivity index (χ1v) is 6.87. The SMILES string of the molecule is Cn1c(CN2C[C@@H]3C(CO)[C@@H]3C2)nc2ncccc21. The summed E-state index contributed by atoms with van der Waals surface area (Å²) in [5.74, 6) is 3.09. The van der Waals surface area contributed by atoms with E-state index < -0.39 is 0 Å². The van der Waals surface area contributed by atoms with Crippen molar-refractivity contribution in [2.45, 2.75) is 6.54 Å². The van der Waals surface area contributed by atoms with Gasteiger partial charge < -0.3 is 9.67 Å². The van der Waals surface area contributed by atoms with Crippen molar-refractivity contribution in [3.05, 3.63) is 24.2 Å². The van der Waals surface area contributed by atoms with Crippen LogP contribution in [0.3, 0.4) is 0 Å². The maximum atomic E-state index is 9.18. The molecule has 0 aromatic carbocycles. The molecule has 2 aromatic heterocycles. The highest BCUT2D eigenvalue weighted by Gasteiger charge is 2.54. The lowest BCUT2D eigenvalue weighted by Gasteiger charge is -2.18. The number of nitrogens with zero attached hydrogens (tertiary/aromatic N) is 4. The van der Waals surface area contributed by atoms with E-state index in [-0.39, 0.29) is 0 Å². The molecule has 1 unspecified atom stereocenters. The molecule has 2 fully saturated rings. The van der Waals surface area contributed by atoms with E-state index in [2.05, 4.69) is 32.5 Å². The first kappa shape index (κ1) is 11.4. The van der Waals surface area contributed by atoms with Crippen LogP contribution < -0.4 is 0 Å². The average molecular weight is 258 g/mol. The van der Waals surface area contributed by atoms with E-state index >= 15 is 0 Å². The smallest absolute Gasteiger partial charge is 0.177 e. The van der Waals surface area contributed by atoms with Gasteiger partial charge in [0.25, 0.3) is 0 Å². The fourth-order valence-corrected chi connectivity index (χ4v) is 3.55. The number of hydrogen-bond acceptors (Lipinski definition) is 4. The molecule has 2 aliphatic rings. The van der Waals surface area contributed by atoms with Crippen LogP contribution in [0.15, 0.2) is 18.3 Å². The van der Waals surface area contributed by atoms with Gasteiger partial charge in [0.15, 0.2) is 5.65 Å². The van der Waals surface area contributed by atoms with E-state index in [1.165, 1.54) is 0 Å².